The molecule has 0 bridgehead atoms. The van der Waals surface area contributed by atoms with Crippen LogP contribution in [0.3, 0.4) is 0 Å². The van der Waals surface area contributed by atoms with Crippen LogP contribution in [0.4, 0.5) is 5.00 Å². The number of primary sulfonamides is 1. The molecule has 5 nitrogen and oxygen atoms in total. The largest absolute Gasteiger partial charge is 0.378 e. The summed E-state index contributed by atoms with van der Waals surface area (Å²) in [5.41, 5.74) is 0. The predicted octanol–water partition coefficient (Wildman–Crippen LogP) is 1.45. The number of morpholine rings is 1. The van der Waals surface area contributed by atoms with Gasteiger partial charge in [0.15, 0.2) is 0 Å². The highest BCUT2D eigenvalue weighted by Gasteiger charge is 2.18. The summed E-state index contributed by atoms with van der Waals surface area (Å²) in [5.74, 6) is 0. The van der Waals surface area contributed by atoms with Crippen LogP contribution in [0.25, 0.3) is 9.40 Å². The lowest BCUT2D eigenvalue weighted by Crippen LogP contribution is -2.35. The molecule has 2 aromatic heterocycles. The van der Waals surface area contributed by atoms with Gasteiger partial charge in [0.2, 0.25) is 10.0 Å². The van der Waals surface area contributed by atoms with Crippen molar-refractivity contribution < 1.29 is 13.2 Å². The highest BCUT2D eigenvalue weighted by atomic mass is 32.2. The lowest BCUT2D eigenvalue weighted by Gasteiger charge is -2.27. The molecule has 2 N–H and O–H groups in total. The van der Waals surface area contributed by atoms with Gasteiger partial charge in [-0.25, -0.2) is 13.6 Å². The van der Waals surface area contributed by atoms with Crippen LogP contribution in [0.5, 0.6) is 0 Å². The number of fused-ring (bicyclic) bond motifs is 1. The lowest BCUT2D eigenvalue weighted by molar-refractivity contribution is 0.123. The van der Waals surface area contributed by atoms with E-state index in [9.17, 15) is 8.42 Å². The Morgan fingerprint density at radius 1 is 1.22 bits per heavy atom. The number of nitrogens with zero attached hydrogens (tertiary/aromatic N) is 1. The molecular formula is C10H12N2O3S3. The summed E-state index contributed by atoms with van der Waals surface area (Å²) in [6.07, 6.45) is 0. The third-order valence-electron chi connectivity index (χ3n) is 2.78. The standard InChI is InChI=1S/C10H12N2O3S3/c11-18(13,14)9-6-7-5-8(16-10(7)17-9)12-1-3-15-4-2-12/h5-6H,1-4H2,(H2,11,13,14). The number of thiophene rings is 2. The van der Waals surface area contributed by atoms with E-state index in [2.05, 4.69) is 4.90 Å². The van der Waals surface area contributed by atoms with Gasteiger partial charge in [-0.2, -0.15) is 0 Å². The SMILES string of the molecule is NS(=O)(=O)c1cc2cc(N3CCOCC3)sc2s1. The maximum absolute atomic E-state index is 11.3. The van der Waals surface area contributed by atoms with Gasteiger partial charge in [0, 0.05) is 18.5 Å². The molecule has 0 radical (unpaired) electrons. The molecule has 2 aromatic rings. The second kappa shape index (κ2) is 4.46. The summed E-state index contributed by atoms with van der Waals surface area (Å²) in [7, 11) is -3.58. The molecule has 0 aliphatic carbocycles. The lowest BCUT2D eigenvalue weighted by atomic mass is 10.4. The van der Waals surface area contributed by atoms with Crippen molar-refractivity contribution in [2.45, 2.75) is 4.21 Å². The third-order valence-corrected chi connectivity index (χ3v) is 6.65. The van der Waals surface area contributed by atoms with Crippen molar-refractivity contribution in [3.63, 3.8) is 0 Å². The van der Waals surface area contributed by atoms with Crippen molar-refractivity contribution in [3.05, 3.63) is 12.1 Å². The minimum Gasteiger partial charge on any atom is -0.378 e. The topological polar surface area (TPSA) is 72.6 Å². The van der Waals surface area contributed by atoms with E-state index >= 15 is 0 Å². The van der Waals surface area contributed by atoms with Gasteiger partial charge in [-0.1, -0.05) is 0 Å². The van der Waals surface area contributed by atoms with Crippen molar-refractivity contribution in [1.29, 1.82) is 0 Å². The molecule has 8 heteroatoms. The monoisotopic (exact) mass is 304 g/mol. The number of ether oxygens (including phenoxy) is 1. The van der Waals surface area contributed by atoms with Crippen LogP contribution in [0, 0.1) is 0 Å². The Kier molecular flexibility index (Phi) is 3.07. The van der Waals surface area contributed by atoms with E-state index in [1.807, 2.05) is 6.07 Å². The molecule has 98 valence electrons. The van der Waals surface area contributed by atoms with E-state index in [1.54, 1.807) is 17.4 Å². The summed E-state index contributed by atoms with van der Waals surface area (Å²) in [6.45, 7) is 3.26. The number of hydrogen-bond donors (Lipinski definition) is 1. The van der Waals surface area contributed by atoms with Gasteiger partial charge in [0.25, 0.3) is 0 Å². The first-order valence-electron chi connectivity index (χ1n) is 5.43. The van der Waals surface area contributed by atoms with Gasteiger partial charge in [-0.3, -0.25) is 0 Å². The maximum Gasteiger partial charge on any atom is 0.247 e. The Balaban J connectivity index is 1.95. The molecule has 3 rings (SSSR count). The van der Waals surface area contributed by atoms with Gasteiger partial charge in [0.1, 0.15) is 4.21 Å². The van der Waals surface area contributed by atoms with Crippen LogP contribution in [-0.2, 0) is 14.8 Å². The summed E-state index contributed by atoms with van der Waals surface area (Å²) in [5, 5.41) is 7.24. The van der Waals surface area contributed by atoms with Gasteiger partial charge in [-0.05, 0) is 12.1 Å². The maximum atomic E-state index is 11.3. The number of sulfonamides is 1. The zero-order valence-electron chi connectivity index (χ0n) is 9.46. The molecule has 0 unspecified atom stereocenters. The molecule has 18 heavy (non-hydrogen) atoms. The van der Waals surface area contributed by atoms with Gasteiger partial charge in [-0.15, -0.1) is 22.7 Å². The molecule has 1 saturated heterocycles. The molecule has 1 fully saturated rings. The van der Waals surface area contributed by atoms with Crippen LogP contribution >= 0.6 is 22.7 Å². The van der Waals surface area contributed by atoms with Gasteiger partial charge >= 0.3 is 0 Å². The van der Waals surface area contributed by atoms with Crippen molar-refractivity contribution in [2.24, 2.45) is 5.14 Å². The normalized spacial score (nSPS) is 17.5. The van der Waals surface area contributed by atoms with E-state index in [-0.39, 0.29) is 4.21 Å². The summed E-state index contributed by atoms with van der Waals surface area (Å²) >= 11 is 2.85. The zero-order chi connectivity index (χ0) is 12.8. The molecule has 0 spiro atoms. The Bertz CT molecular complexity index is 636. The van der Waals surface area contributed by atoms with Crippen LogP contribution in [0.2, 0.25) is 0 Å². The van der Waals surface area contributed by atoms with Crippen LogP contribution in [0.15, 0.2) is 16.3 Å². The van der Waals surface area contributed by atoms with Crippen LogP contribution in [0.1, 0.15) is 0 Å². The Hall–Kier alpha value is -0.670. The molecule has 3 heterocycles. The average molecular weight is 304 g/mol. The van der Waals surface area contributed by atoms with E-state index in [1.165, 1.54) is 16.3 Å². The molecule has 0 amide bonds. The van der Waals surface area contributed by atoms with Crippen LogP contribution in [-0.4, -0.2) is 34.7 Å². The number of anilines is 1. The first kappa shape index (κ1) is 12.4. The molecule has 0 saturated carbocycles. The molecule has 0 aromatic carbocycles. The third kappa shape index (κ3) is 2.26. The number of hydrogen-bond acceptors (Lipinski definition) is 6. The Morgan fingerprint density at radius 2 is 1.94 bits per heavy atom. The van der Waals surface area contributed by atoms with E-state index in [0.29, 0.717) is 0 Å². The second-order valence-electron chi connectivity index (χ2n) is 4.04. The van der Waals surface area contributed by atoms with Crippen molar-refractivity contribution in [2.75, 3.05) is 31.2 Å². The quantitative estimate of drug-likeness (QED) is 0.911. The minimum atomic E-state index is -3.58. The average Bonchev–Trinajstić information content (AvgIpc) is 2.86. The molecule has 1 aliphatic rings. The van der Waals surface area contributed by atoms with Crippen LogP contribution < -0.4 is 10.0 Å². The fraction of sp³-hybridized carbons (Fsp3) is 0.400. The van der Waals surface area contributed by atoms with E-state index in [4.69, 9.17) is 9.88 Å². The van der Waals surface area contributed by atoms with Gasteiger partial charge in [0.05, 0.1) is 22.2 Å². The Labute approximate surface area is 113 Å². The van der Waals surface area contributed by atoms with E-state index in [0.717, 1.165) is 35.7 Å². The van der Waals surface area contributed by atoms with Crippen molar-refractivity contribution in [3.8, 4) is 0 Å². The summed E-state index contributed by atoms with van der Waals surface area (Å²) < 4.78 is 29.1. The predicted molar refractivity (Wildman–Crippen MR) is 74.1 cm³/mol. The fourth-order valence-corrected chi connectivity index (χ4v) is 5.27. The molecule has 0 atom stereocenters. The minimum absolute atomic E-state index is 0.234. The summed E-state index contributed by atoms with van der Waals surface area (Å²) in [4.78, 5) is 2.26. The van der Waals surface area contributed by atoms with E-state index < -0.39 is 10.0 Å². The molecular weight excluding hydrogens is 292 g/mol. The number of rotatable bonds is 2. The van der Waals surface area contributed by atoms with Gasteiger partial charge < -0.3 is 9.64 Å². The molecule has 1 aliphatic heterocycles. The smallest absolute Gasteiger partial charge is 0.247 e. The fourth-order valence-electron chi connectivity index (χ4n) is 1.88. The first-order chi connectivity index (χ1) is 8.54. The van der Waals surface area contributed by atoms with Crippen molar-refractivity contribution >= 4 is 47.1 Å². The number of nitrogens with two attached hydrogens (primary N) is 1. The zero-order valence-corrected chi connectivity index (χ0v) is 11.9. The second-order valence-corrected chi connectivity index (χ2v) is 8.17. The Morgan fingerprint density at radius 3 is 2.56 bits per heavy atom. The summed E-state index contributed by atoms with van der Waals surface area (Å²) in [6, 6.07) is 3.67. The van der Waals surface area contributed by atoms with Crippen molar-refractivity contribution in [1.82, 2.24) is 0 Å². The highest BCUT2D eigenvalue weighted by molar-refractivity contribution is 7.91. The first-order valence-corrected chi connectivity index (χ1v) is 8.61. The highest BCUT2D eigenvalue weighted by Crippen LogP contribution is 2.39.